The highest BCUT2D eigenvalue weighted by atomic mass is 32.2. The van der Waals surface area contributed by atoms with Crippen molar-refractivity contribution in [3.63, 3.8) is 0 Å². The second kappa shape index (κ2) is 15.0. The minimum absolute atomic E-state index is 0.0280. The number of rotatable bonds is 10. The molecule has 0 aliphatic carbocycles. The Morgan fingerprint density at radius 3 is 1.95 bits per heavy atom. The van der Waals surface area contributed by atoms with Crippen molar-refractivity contribution in [3.05, 3.63) is 0 Å². The molecule has 3 fully saturated rings. The van der Waals surface area contributed by atoms with Gasteiger partial charge < -0.3 is 74.6 Å². The Labute approximate surface area is 239 Å². The summed E-state index contributed by atoms with van der Waals surface area (Å²) in [6, 6.07) is -1.16. The first-order valence-corrected chi connectivity index (χ1v) is 14.0. The summed E-state index contributed by atoms with van der Waals surface area (Å²) in [7, 11) is 1.29. The Morgan fingerprint density at radius 1 is 0.829 bits per heavy atom. The molecule has 1 amide bonds. The molecule has 41 heavy (non-hydrogen) atoms. The predicted molar refractivity (Wildman–Crippen MR) is 136 cm³/mol. The van der Waals surface area contributed by atoms with E-state index in [-0.39, 0.29) is 11.7 Å². The molecule has 10 N–H and O–H groups in total. The minimum atomic E-state index is -1.84. The molecule has 0 bridgehead atoms. The van der Waals surface area contributed by atoms with E-state index in [0.29, 0.717) is 0 Å². The van der Waals surface area contributed by atoms with Gasteiger partial charge in [0.25, 0.3) is 0 Å². The van der Waals surface area contributed by atoms with Gasteiger partial charge in [0.2, 0.25) is 5.91 Å². The average Bonchev–Trinajstić information content (AvgIpc) is 2.95. The Kier molecular flexibility index (Phi) is 12.5. The highest BCUT2D eigenvalue weighted by Crippen LogP contribution is 2.36. The largest absolute Gasteiger partial charge is 0.484 e. The number of hydrogen-bond acceptors (Lipinski definition) is 17. The van der Waals surface area contributed by atoms with E-state index in [1.54, 1.807) is 0 Å². The summed E-state index contributed by atoms with van der Waals surface area (Å²) in [4.78, 5) is 12.3. The van der Waals surface area contributed by atoms with E-state index in [2.05, 4.69) is 5.32 Å². The van der Waals surface area contributed by atoms with Crippen molar-refractivity contribution < 1.29 is 74.1 Å². The third-order valence-electron chi connectivity index (χ3n) is 7.06. The first-order chi connectivity index (χ1) is 19.3. The van der Waals surface area contributed by atoms with Gasteiger partial charge in [-0.3, -0.25) is 10.2 Å². The lowest BCUT2D eigenvalue weighted by molar-refractivity contribution is -0.357. The lowest BCUT2D eigenvalue weighted by Gasteiger charge is -2.50. The van der Waals surface area contributed by atoms with Crippen molar-refractivity contribution in [1.82, 2.24) is 5.32 Å². The molecule has 18 heteroatoms. The first-order valence-electron chi connectivity index (χ1n) is 12.9. The summed E-state index contributed by atoms with van der Waals surface area (Å²) >= 11 is 1.00. The number of carbonyl (C=O) groups excluding carboxylic acids is 1. The molecule has 3 heterocycles. The maximum Gasteiger partial charge on any atom is 0.217 e. The van der Waals surface area contributed by atoms with E-state index < -0.39 is 110 Å². The summed E-state index contributed by atoms with van der Waals surface area (Å²) in [5, 5.41) is 92.3. The third-order valence-corrected chi connectivity index (χ3v) is 8.22. The fourth-order valence-electron chi connectivity index (χ4n) is 4.74. The van der Waals surface area contributed by atoms with Crippen LogP contribution in [-0.2, 0) is 33.2 Å². The Bertz CT molecular complexity index is 873. The van der Waals surface area contributed by atoms with E-state index >= 15 is 0 Å². The number of hydrogen-bond donors (Lipinski definition) is 10. The van der Waals surface area contributed by atoms with E-state index in [1.165, 1.54) is 21.0 Å². The third kappa shape index (κ3) is 7.84. The highest BCUT2D eigenvalue weighted by molar-refractivity contribution is 8.00. The Morgan fingerprint density at radius 2 is 1.39 bits per heavy atom. The van der Waals surface area contributed by atoms with Crippen molar-refractivity contribution in [3.8, 4) is 0 Å². The van der Waals surface area contributed by atoms with Gasteiger partial charge in [0.05, 0.1) is 38.2 Å². The van der Waals surface area contributed by atoms with E-state index in [1.807, 2.05) is 0 Å². The first kappa shape index (κ1) is 34.3. The van der Waals surface area contributed by atoms with Crippen LogP contribution in [0.1, 0.15) is 13.8 Å². The van der Waals surface area contributed by atoms with Crippen LogP contribution in [0.2, 0.25) is 0 Å². The summed E-state index contributed by atoms with van der Waals surface area (Å²) in [6.45, 7) is 1.18. The number of aliphatic hydroxyl groups is 8. The van der Waals surface area contributed by atoms with Crippen molar-refractivity contribution in [2.45, 2.75) is 105 Å². The van der Waals surface area contributed by atoms with Crippen molar-refractivity contribution in [2.75, 3.05) is 26.1 Å². The van der Waals surface area contributed by atoms with Gasteiger partial charge in [-0.25, -0.2) is 0 Å². The zero-order valence-electron chi connectivity index (χ0n) is 22.6. The van der Waals surface area contributed by atoms with Crippen LogP contribution in [0.15, 0.2) is 0 Å². The van der Waals surface area contributed by atoms with Gasteiger partial charge in [-0.1, -0.05) is 0 Å². The molecule has 0 radical (unpaired) electrons. The zero-order valence-corrected chi connectivity index (χ0v) is 23.4. The van der Waals surface area contributed by atoms with E-state index in [9.17, 15) is 45.6 Å². The van der Waals surface area contributed by atoms with Crippen LogP contribution >= 0.6 is 11.8 Å². The molecule has 0 aromatic carbocycles. The number of ether oxygens (including phenoxy) is 6. The van der Waals surface area contributed by atoms with Gasteiger partial charge in [-0.15, -0.1) is 11.8 Å². The lowest BCUT2D eigenvalue weighted by Crippen LogP contribution is -2.69. The number of nitrogens with one attached hydrogen (secondary N) is 2. The molecular formula is C23H40N2O15S. The summed E-state index contributed by atoms with van der Waals surface area (Å²) < 4.78 is 33.9. The molecule has 0 aromatic rings. The topological polar surface area (TPSA) is 270 Å². The molecule has 238 valence electrons. The molecular weight excluding hydrogens is 576 g/mol. The fraction of sp³-hybridized carbons (Fsp3) is 0.913. The molecule has 3 aliphatic heterocycles. The van der Waals surface area contributed by atoms with Crippen LogP contribution in [0, 0.1) is 5.41 Å². The second-order valence-electron chi connectivity index (χ2n) is 9.97. The van der Waals surface area contributed by atoms with E-state index in [4.69, 9.17) is 33.8 Å². The van der Waals surface area contributed by atoms with Crippen molar-refractivity contribution >= 4 is 23.6 Å². The molecule has 15 unspecified atom stereocenters. The molecule has 0 aromatic heterocycles. The number of aliphatic hydroxyl groups excluding tert-OH is 8. The molecule has 0 spiro atoms. The average molecular weight is 617 g/mol. The van der Waals surface area contributed by atoms with Crippen molar-refractivity contribution in [2.24, 2.45) is 0 Å². The fourth-order valence-corrected chi connectivity index (χ4v) is 5.82. The molecule has 17 nitrogen and oxygen atoms in total. The van der Waals surface area contributed by atoms with Crippen LogP contribution in [-0.4, -0.2) is 170 Å². The lowest BCUT2D eigenvalue weighted by atomic mass is 9.95. The molecule has 3 saturated heterocycles. The highest BCUT2D eigenvalue weighted by Gasteiger charge is 2.54. The quantitative estimate of drug-likeness (QED) is 0.0812. The molecule has 0 saturated carbocycles. The number of thioether (sulfide) groups is 1. The maximum atomic E-state index is 12.3. The summed E-state index contributed by atoms with van der Waals surface area (Å²) in [5.74, 6) is -0.721. The summed E-state index contributed by atoms with van der Waals surface area (Å²) in [6.07, 6.45) is -19.9. The van der Waals surface area contributed by atoms with Crippen LogP contribution < -0.4 is 5.32 Å². The molecule has 3 aliphatic rings. The molecule has 3 rings (SSSR count). The maximum absolute atomic E-state index is 12.3. The smallest absolute Gasteiger partial charge is 0.217 e. The van der Waals surface area contributed by atoms with Crippen LogP contribution in [0.5, 0.6) is 0 Å². The van der Waals surface area contributed by atoms with Gasteiger partial charge >= 0.3 is 0 Å². The monoisotopic (exact) mass is 616 g/mol. The van der Waals surface area contributed by atoms with Crippen molar-refractivity contribution in [1.29, 1.82) is 5.41 Å². The number of amides is 1. The van der Waals surface area contributed by atoms with Gasteiger partial charge in [0.1, 0.15) is 66.5 Å². The van der Waals surface area contributed by atoms with Gasteiger partial charge in [-0.05, 0) is 6.92 Å². The number of carbonyl (C=O) groups is 1. The minimum Gasteiger partial charge on any atom is -0.484 e. The van der Waals surface area contributed by atoms with Crippen LogP contribution in [0.25, 0.3) is 0 Å². The van der Waals surface area contributed by atoms with Gasteiger partial charge in [-0.2, -0.15) is 0 Å². The van der Waals surface area contributed by atoms with Gasteiger partial charge in [0.15, 0.2) is 18.5 Å². The predicted octanol–water partition coefficient (Wildman–Crippen LogP) is -5.04. The standard InChI is InChI=1S/C23H40N2O15S/c1-7-13(29)15(31)17(33)21(36-7)39-19-10(5-27)38-23(41-6-11(24)35-3)12(25-8(2)28)20(19)40-22-18(34)16(32)14(30)9(4-26)37-22/h7,9-10,12-24,26-27,29-34H,4-6H2,1-3H3,(H,25,28). The Hall–Kier alpha value is -1.23. The second-order valence-corrected chi connectivity index (χ2v) is 11.1. The van der Waals surface area contributed by atoms with E-state index in [0.717, 1.165) is 11.8 Å². The van der Waals surface area contributed by atoms with Crippen LogP contribution in [0.4, 0.5) is 0 Å². The molecule has 15 atom stereocenters. The Balaban J connectivity index is 1.99. The SMILES string of the molecule is COC(=N)CSC1OC(CO)C(OC2OC(C)C(O)C(O)C2O)C(OC2OC(CO)C(O)C(O)C2O)C1NC(C)=O. The summed E-state index contributed by atoms with van der Waals surface area (Å²) in [5.41, 5.74) is -1.02. The number of methoxy groups -OCH3 is 1. The normalized spacial score (nSPS) is 45.2. The zero-order chi connectivity index (χ0) is 30.6. The van der Waals surface area contributed by atoms with Gasteiger partial charge in [0, 0.05) is 6.92 Å². The van der Waals surface area contributed by atoms with Crippen LogP contribution in [0.3, 0.4) is 0 Å².